The monoisotopic (exact) mass is 210 g/mol. The fourth-order valence-electron chi connectivity index (χ4n) is 1.44. The van der Waals surface area contributed by atoms with Crippen LogP contribution >= 0.6 is 0 Å². The standard InChI is InChI=1S/C12H10N4/c1-9-7-11(10-3-2-6-14-8-10)16-12(15-9)4-5-13/h2-3,6-8H,4H2,1H3. The van der Waals surface area contributed by atoms with Crippen LogP contribution in [0.4, 0.5) is 0 Å². The second kappa shape index (κ2) is 4.49. The number of nitrogens with zero attached hydrogens (tertiary/aromatic N) is 4. The van der Waals surface area contributed by atoms with Crippen LogP contribution < -0.4 is 0 Å². The molecular weight excluding hydrogens is 200 g/mol. The van der Waals surface area contributed by atoms with E-state index in [1.54, 1.807) is 12.4 Å². The van der Waals surface area contributed by atoms with Crippen LogP contribution in [0.3, 0.4) is 0 Å². The van der Waals surface area contributed by atoms with Gasteiger partial charge in [0.05, 0.1) is 18.2 Å². The Hall–Kier alpha value is -2.28. The van der Waals surface area contributed by atoms with Crippen molar-refractivity contribution in [3.63, 3.8) is 0 Å². The van der Waals surface area contributed by atoms with Crippen LogP contribution in [0.5, 0.6) is 0 Å². The molecule has 0 aromatic carbocycles. The van der Waals surface area contributed by atoms with Crippen molar-refractivity contribution in [1.29, 1.82) is 5.26 Å². The van der Waals surface area contributed by atoms with Crippen LogP contribution in [-0.4, -0.2) is 15.0 Å². The van der Waals surface area contributed by atoms with Crippen molar-refractivity contribution in [3.8, 4) is 17.3 Å². The molecule has 2 heterocycles. The Balaban J connectivity index is 2.46. The van der Waals surface area contributed by atoms with Gasteiger partial charge >= 0.3 is 0 Å². The molecule has 0 aliphatic carbocycles. The molecule has 0 saturated heterocycles. The maximum atomic E-state index is 8.63. The van der Waals surface area contributed by atoms with Gasteiger partial charge in [-0.1, -0.05) is 0 Å². The van der Waals surface area contributed by atoms with Crippen molar-refractivity contribution in [2.24, 2.45) is 0 Å². The van der Waals surface area contributed by atoms with Crippen molar-refractivity contribution >= 4 is 0 Å². The van der Waals surface area contributed by atoms with Crippen LogP contribution in [0.15, 0.2) is 30.6 Å². The minimum atomic E-state index is 0.231. The maximum Gasteiger partial charge on any atom is 0.143 e. The Bertz CT molecular complexity index is 528. The highest BCUT2D eigenvalue weighted by molar-refractivity contribution is 5.57. The average Bonchev–Trinajstić information content (AvgIpc) is 2.30. The number of aromatic nitrogens is 3. The molecule has 0 aliphatic heterocycles. The third kappa shape index (κ3) is 2.20. The Kier molecular flexibility index (Phi) is 2.88. The molecule has 0 radical (unpaired) electrons. The van der Waals surface area contributed by atoms with E-state index in [0.717, 1.165) is 17.0 Å². The van der Waals surface area contributed by atoms with E-state index in [-0.39, 0.29) is 6.42 Å². The van der Waals surface area contributed by atoms with E-state index in [9.17, 15) is 0 Å². The van der Waals surface area contributed by atoms with Gasteiger partial charge in [0.1, 0.15) is 5.82 Å². The van der Waals surface area contributed by atoms with Gasteiger partial charge in [0.2, 0.25) is 0 Å². The molecule has 2 aromatic heterocycles. The van der Waals surface area contributed by atoms with Crippen molar-refractivity contribution in [3.05, 3.63) is 42.1 Å². The number of hydrogen-bond acceptors (Lipinski definition) is 4. The quantitative estimate of drug-likeness (QED) is 0.759. The summed E-state index contributed by atoms with van der Waals surface area (Å²) in [7, 11) is 0. The molecule has 0 fully saturated rings. The summed E-state index contributed by atoms with van der Waals surface area (Å²) in [4.78, 5) is 12.6. The molecule has 0 saturated carbocycles. The second-order valence-electron chi connectivity index (χ2n) is 3.39. The van der Waals surface area contributed by atoms with Crippen LogP contribution in [0, 0.1) is 18.3 Å². The van der Waals surface area contributed by atoms with Crippen molar-refractivity contribution in [2.45, 2.75) is 13.3 Å². The van der Waals surface area contributed by atoms with Gasteiger partial charge in [-0.25, -0.2) is 9.97 Å². The lowest BCUT2D eigenvalue weighted by Gasteiger charge is -2.03. The van der Waals surface area contributed by atoms with E-state index >= 15 is 0 Å². The summed E-state index contributed by atoms with van der Waals surface area (Å²) in [6.07, 6.45) is 3.70. The first-order valence-electron chi connectivity index (χ1n) is 4.91. The van der Waals surface area contributed by atoms with E-state index in [2.05, 4.69) is 15.0 Å². The van der Waals surface area contributed by atoms with Crippen molar-refractivity contribution in [1.82, 2.24) is 15.0 Å². The lowest BCUT2D eigenvalue weighted by Crippen LogP contribution is -1.98. The lowest BCUT2D eigenvalue weighted by molar-refractivity contribution is 0.968. The molecule has 4 heteroatoms. The topological polar surface area (TPSA) is 62.5 Å². The number of aryl methyl sites for hydroxylation is 1. The third-order valence-electron chi connectivity index (χ3n) is 2.09. The number of pyridine rings is 1. The Labute approximate surface area is 93.6 Å². The molecule has 0 amide bonds. The van der Waals surface area contributed by atoms with Gasteiger partial charge in [-0.05, 0) is 25.1 Å². The van der Waals surface area contributed by atoms with E-state index in [0.29, 0.717) is 5.82 Å². The maximum absolute atomic E-state index is 8.63. The normalized spacial score (nSPS) is 9.75. The number of hydrogen-bond donors (Lipinski definition) is 0. The minimum Gasteiger partial charge on any atom is -0.264 e. The molecule has 0 atom stereocenters. The highest BCUT2D eigenvalue weighted by Crippen LogP contribution is 2.16. The fourth-order valence-corrected chi connectivity index (χ4v) is 1.44. The zero-order valence-electron chi connectivity index (χ0n) is 8.88. The SMILES string of the molecule is Cc1cc(-c2cccnc2)nc(CC#N)n1. The van der Waals surface area contributed by atoms with E-state index in [1.807, 2.05) is 31.2 Å². The van der Waals surface area contributed by atoms with E-state index < -0.39 is 0 Å². The number of nitriles is 1. The van der Waals surface area contributed by atoms with Gasteiger partial charge < -0.3 is 0 Å². The molecule has 16 heavy (non-hydrogen) atoms. The smallest absolute Gasteiger partial charge is 0.143 e. The van der Waals surface area contributed by atoms with E-state index in [4.69, 9.17) is 5.26 Å². The molecule has 0 unspecified atom stereocenters. The van der Waals surface area contributed by atoms with Crippen LogP contribution in [0.1, 0.15) is 11.5 Å². The Morgan fingerprint density at radius 3 is 2.94 bits per heavy atom. The van der Waals surface area contributed by atoms with Gasteiger partial charge in [-0.2, -0.15) is 5.26 Å². The molecule has 0 bridgehead atoms. The first-order chi connectivity index (χ1) is 7.79. The van der Waals surface area contributed by atoms with Crippen LogP contribution in [0.25, 0.3) is 11.3 Å². The van der Waals surface area contributed by atoms with Crippen molar-refractivity contribution in [2.75, 3.05) is 0 Å². The van der Waals surface area contributed by atoms with Gasteiger partial charge in [-0.3, -0.25) is 4.98 Å². The van der Waals surface area contributed by atoms with Crippen LogP contribution in [-0.2, 0) is 6.42 Å². The van der Waals surface area contributed by atoms with Gasteiger partial charge in [-0.15, -0.1) is 0 Å². The first-order valence-corrected chi connectivity index (χ1v) is 4.91. The predicted molar refractivity (Wildman–Crippen MR) is 59.3 cm³/mol. The van der Waals surface area contributed by atoms with E-state index in [1.165, 1.54) is 0 Å². The molecule has 0 spiro atoms. The number of rotatable bonds is 2. The Morgan fingerprint density at radius 2 is 2.25 bits per heavy atom. The summed E-state index contributed by atoms with van der Waals surface area (Å²) in [6.45, 7) is 1.89. The minimum absolute atomic E-state index is 0.231. The van der Waals surface area contributed by atoms with Gasteiger partial charge in [0.15, 0.2) is 0 Å². The molecule has 0 N–H and O–H groups in total. The first kappa shape index (κ1) is 10.2. The molecule has 2 aromatic rings. The summed E-state index contributed by atoms with van der Waals surface area (Å²) in [6, 6.07) is 7.73. The Morgan fingerprint density at radius 1 is 1.38 bits per heavy atom. The molecule has 0 aliphatic rings. The summed E-state index contributed by atoms with van der Waals surface area (Å²) in [5.74, 6) is 0.557. The zero-order valence-corrected chi connectivity index (χ0v) is 8.88. The summed E-state index contributed by atoms with van der Waals surface area (Å²) in [5.41, 5.74) is 2.61. The fraction of sp³-hybridized carbons (Fsp3) is 0.167. The van der Waals surface area contributed by atoms with Gasteiger partial charge in [0.25, 0.3) is 0 Å². The molecule has 4 nitrogen and oxygen atoms in total. The highest BCUT2D eigenvalue weighted by atomic mass is 14.9. The zero-order chi connectivity index (χ0) is 11.4. The van der Waals surface area contributed by atoms with Crippen LogP contribution in [0.2, 0.25) is 0 Å². The lowest BCUT2D eigenvalue weighted by atomic mass is 10.2. The summed E-state index contributed by atoms with van der Waals surface area (Å²) in [5, 5.41) is 8.63. The molecular formula is C12H10N4. The predicted octanol–water partition coefficient (Wildman–Crippen LogP) is 1.91. The summed E-state index contributed by atoms with van der Waals surface area (Å²) >= 11 is 0. The van der Waals surface area contributed by atoms with Crippen molar-refractivity contribution < 1.29 is 0 Å². The summed E-state index contributed by atoms with van der Waals surface area (Å²) < 4.78 is 0. The third-order valence-corrected chi connectivity index (χ3v) is 2.09. The second-order valence-corrected chi connectivity index (χ2v) is 3.39. The average molecular weight is 210 g/mol. The molecule has 2 rings (SSSR count). The largest absolute Gasteiger partial charge is 0.264 e. The molecule has 78 valence electrons. The highest BCUT2D eigenvalue weighted by Gasteiger charge is 2.04. The van der Waals surface area contributed by atoms with Gasteiger partial charge in [0, 0.05) is 23.7 Å².